The highest BCUT2D eigenvalue weighted by Crippen LogP contribution is 2.24. The Hall–Kier alpha value is -2.07. The molecule has 4 heteroatoms. The lowest BCUT2D eigenvalue weighted by molar-refractivity contribution is 0.419. The molecule has 0 aliphatic heterocycles. The molecule has 3 rings (SSSR count). The van der Waals surface area contributed by atoms with Crippen molar-refractivity contribution in [2.45, 2.75) is 32.9 Å². The van der Waals surface area contributed by atoms with E-state index in [0.717, 1.165) is 30.1 Å². The third kappa shape index (κ3) is 2.47. The summed E-state index contributed by atoms with van der Waals surface area (Å²) in [5, 5.41) is 3.34. The molecule has 1 N–H and O–H groups in total. The van der Waals surface area contributed by atoms with Crippen LogP contribution >= 0.6 is 0 Å². The molecule has 21 heavy (non-hydrogen) atoms. The maximum Gasteiger partial charge on any atom is 0.124 e. The number of imidazole rings is 1. The molecular formula is C17H21N3O. The van der Waals surface area contributed by atoms with Gasteiger partial charge in [-0.2, -0.15) is 0 Å². The number of nitrogens with zero attached hydrogens (tertiary/aromatic N) is 2. The van der Waals surface area contributed by atoms with Gasteiger partial charge in [-0.05, 0) is 44.7 Å². The summed E-state index contributed by atoms with van der Waals surface area (Å²) in [4.78, 5) is 4.79. The van der Waals surface area contributed by atoms with Gasteiger partial charge in [0.25, 0.3) is 0 Å². The van der Waals surface area contributed by atoms with E-state index in [1.165, 1.54) is 11.1 Å². The van der Waals surface area contributed by atoms with Gasteiger partial charge in [0.15, 0.2) is 0 Å². The van der Waals surface area contributed by atoms with Crippen LogP contribution in [0.5, 0.6) is 0 Å². The van der Waals surface area contributed by atoms with Gasteiger partial charge in [0.05, 0.1) is 23.3 Å². The largest absolute Gasteiger partial charge is 0.467 e. The fraction of sp³-hybridized carbons (Fsp3) is 0.353. The van der Waals surface area contributed by atoms with Crippen molar-refractivity contribution in [2.24, 2.45) is 0 Å². The predicted octanol–water partition coefficient (Wildman–Crippen LogP) is 3.46. The molecule has 0 aliphatic carbocycles. The van der Waals surface area contributed by atoms with Gasteiger partial charge in [0, 0.05) is 13.0 Å². The first kappa shape index (κ1) is 13.9. The number of hydrogen-bond acceptors (Lipinski definition) is 3. The smallest absolute Gasteiger partial charge is 0.124 e. The van der Waals surface area contributed by atoms with Crippen LogP contribution in [0.4, 0.5) is 0 Å². The van der Waals surface area contributed by atoms with E-state index in [2.05, 4.69) is 41.9 Å². The molecule has 0 bridgehead atoms. The highest BCUT2D eigenvalue weighted by molar-refractivity contribution is 5.75. The summed E-state index contributed by atoms with van der Waals surface area (Å²) in [6.07, 6.45) is 2.56. The van der Waals surface area contributed by atoms with E-state index in [4.69, 9.17) is 9.40 Å². The van der Waals surface area contributed by atoms with Gasteiger partial charge in [-0.1, -0.05) is 12.1 Å². The Morgan fingerprint density at radius 2 is 2.10 bits per heavy atom. The summed E-state index contributed by atoms with van der Waals surface area (Å²) < 4.78 is 7.91. The molecule has 0 amide bonds. The van der Waals surface area contributed by atoms with Crippen LogP contribution in [0.3, 0.4) is 0 Å². The van der Waals surface area contributed by atoms with Crippen molar-refractivity contribution in [2.75, 3.05) is 7.05 Å². The fourth-order valence-corrected chi connectivity index (χ4v) is 2.88. The molecule has 1 aromatic carbocycles. The second-order valence-electron chi connectivity index (χ2n) is 5.27. The van der Waals surface area contributed by atoms with E-state index >= 15 is 0 Å². The Kier molecular flexibility index (Phi) is 3.80. The third-order valence-electron chi connectivity index (χ3n) is 4.00. The number of furan rings is 1. The van der Waals surface area contributed by atoms with Crippen LogP contribution in [0.1, 0.15) is 30.1 Å². The minimum absolute atomic E-state index is 0.141. The molecule has 0 radical (unpaired) electrons. The Morgan fingerprint density at radius 1 is 1.29 bits per heavy atom. The molecule has 0 saturated carbocycles. The zero-order valence-electron chi connectivity index (χ0n) is 12.8. The molecule has 0 aliphatic rings. The van der Waals surface area contributed by atoms with Crippen LogP contribution < -0.4 is 5.32 Å². The van der Waals surface area contributed by atoms with Gasteiger partial charge in [0.1, 0.15) is 11.6 Å². The zero-order chi connectivity index (χ0) is 14.8. The third-order valence-corrected chi connectivity index (χ3v) is 4.00. The van der Waals surface area contributed by atoms with Crippen molar-refractivity contribution in [3.63, 3.8) is 0 Å². The normalized spacial score (nSPS) is 12.9. The summed E-state index contributed by atoms with van der Waals surface area (Å²) in [5.74, 6) is 2.08. The van der Waals surface area contributed by atoms with Crippen molar-refractivity contribution in [3.05, 3.63) is 53.7 Å². The number of rotatable bonds is 5. The van der Waals surface area contributed by atoms with Crippen LogP contribution in [0.25, 0.3) is 11.0 Å². The van der Waals surface area contributed by atoms with E-state index in [1.54, 1.807) is 6.26 Å². The number of fused-ring (bicyclic) bond motifs is 1. The van der Waals surface area contributed by atoms with Crippen molar-refractivity contribution in [3.8, 4) is 0 Å². The first-order chi connectivity index (χ1) is 10.2. The molecule has 2 heterocycles. The van der Waals surface area contributed by atoms with Gasteiger partial charge in [-0.25, -0.2) is 4.98 Å². The number of hydrogen-bond donors (Lipinski definition) is 1. The minimum Gasteiger partial charge on any atom is -0.467 e. The number of nitrogens with one attached hydrogen (secondary N) is 1. The zero-order valence-corrected chi connectivity index (χ0v) is 12.8. The highest BCUT2D eigenvalue weighted by atomic mass is 16.3. The van der Waals surface area contributed by atoms with Crippen molar-refractivity contribution >= 4 is 11.0 Å². The number of aryl methyl sites for hydroxylation is 2. The maximum absolute atomic E-state index is 5.64. The standard InChI is InChI=1S/C17H21N3O/c1-4-20-15-8-6-5-7-13(15)19-16(20)11-14(18-3)17-12(2)9-10-21-17/h5-10,14,18H,4,11H2,1-3H3. The van der Waals surface area contributed by atoms with E-state index in [0.29, 0.717) is 0 Å². The van der Waals surface area contributed by atoms with Gasteiger partial charge in [0.2, 0.25) is 0 Å². The molecule has 2 aromatic heterocycles. The second kappa shape index (κ2) is 5.74. The molecule has 4 nitrogen and oxygen atoms in total. The van der Waals surface area contributed by atoms with E-state index in [9.17, 15) is 0 Å². The van der Waals surface area contributed by atoms with Crippen LogP contribution in [-0.2, 0) is 13.0 Å². The van der Waals surface area contributed by atoms with Crippen molar-refractivity contribution in [1.82, 2.24) is 14.9 Å². The van der Waals surface area contributed by atoms with Gasteiger partial charge >= 0.3 is 0 Å². The van der Waals surface area contributed by atoms with Crippen molar-refractivity contribution < 1.29 is 4.42 Å². The summed E-state index contributed by atoms with van der Waals surface area (Å²) in [7, 11) is 1.96. The lowest BCUT2D eigenvalue weighted by atomic mass is 10.1. The molecule has 1 unspecified atom stereocenters. The van der Waals surface area contributed by atoms with Crippen LogP contribution in [-0.4, -0.2) is 16.6 Å². The van der Waals surface area contributed by atoms with Gasteiger partial charge in [-0.3, -0.25) is 0 Å². The average Bonchev–Trinajstić information content (AvgIpc) is 3.07. The van der Waals surface area contributed by atoms with Gasteiger partial charge < -0.3 is 14.3 Å². The lowest BCUT2D eigenvalue weighted by Crippen LogP contribution is -2.21. The Balaban J connectivity index is 1.98. The first-order valence-corrected chi connectivity index (χ1v) is 7.40. The average molecular weight is 283 g/mol. The summed E-state index contributed by atoms with van der Waals surface area (Å²) in [6, 6.07) is 10.4. The Labute approximate surface area is 124 Å². The van der Waals surface area contributed by atoms with E-state index < -0.39 is 0 Å². The van der Waals surface area contributed by atoms with Crippen LogP contribution in [0, 0.1) is 6.92 Å². The quantitative estimate of drug-likeness (QED) is 0.779. The Morgan fingerprint density at radius 3 is 2.76 bits per heavy atom. The predicted molar refractivity (Wildman–Crippen MR) is 84.4 cm³/mol. The van der Waals surface area contributed by atoms with Crippen LogP contribution in [0.2, 0.25) is 0 Å². The number of para-hydroxylation sites is 2. The number of aromatic nitrogens is 2. The van der Waals surface area contributed by atoms with E-state index in [1.807, 2.05) is 19.2 Å². The summed E-state index contributed by atoms with van der Waals surface area (Å²) >= 11 is 0. The molecule has 0 fully saturated rings. The first-order valence-electron chi connectivity index (χ1n) is 7.40. The fourth-order valence-electron chi connectivity index (χ4n) is 2.88. The van der Waals surface area contributed by atoms with Crippen molar-refractivity contribution in [1.29, 1.82) is 0 Å². The summed E-state index contributed by atoms with van der Waals surface area (Å²) in [5.41, 5.74) is 3.43. The molecule has 110 valence electrons. The minimum atomic E-state index is 0.141. The van der Waals surface area contributed by atoms with Crippen LogP contribution in [0.15, 0.2) is 41.0 Å². The molecular weight excluding hydrogens is 262 g/mol. The number of likely N-dealkylation sites (N-methyl/N-ethyl adjacent to an activating group) is 1. The lowest BCUT2D eigenvalue weighted by Gasteiger charge is -2.15. The topological polar surface area (TPSA) is 43.0 Å². The maximum atomic E-state index is 5.64. The molecule has 0 saturated heterocycles. The molecule has 0 spiro atoms. The molecule has 1 atom stereocenters. The SMILES string of the molecule is CCn1c(CC(NC)c2occc2C)nc2ccccc21. The highest BCUT2D eigenvalue weighted by Gasteiger charge is 2.19. The summed E-state index contributed by atoms with van der Waals surface area (Å²) in [6.45, 7) is 5.15. The van der Waals surface area contributed by atoms with Gasteiger partial charge in [-0.15, -0.1) is 0 Å². The number of benzene rings is 1. The second-order valence-corrected chi connectivity index (χ2v) is 5.27. The molecule has 3 aromatic rings. The monoisotopic (exact) mass is 283 g/mol. The Bertz CT molecular complexity index is 741. The van der Waals surface area contributed by atoms with E-state index in [-0.39, 0.29) is 6.04 Å².